The van der Waals surface area contributed by atoms with Crippen molar-refractivity contribution in [2.45, 2.75) is 39.0 Å². The molecule has 3 rings (SSSR count). The molecule has 0 spiro atoms. The number of carbonyl (C=O) groups is 2. The Balaban J connectivity index is 2.13. The molecule has 1 N–H and O–H groups in total. The van der Waals surface area contributed by atoms with Crippen molar-refractivity contribution >= 4 is 11.8 Å². The van der Waals surface area contributed by atoms with Crippen LogP contribution in [-0.4, -0.2) is 31.1 Å². The Kier molecular flexibility index (Phi) is 4.22. The van der Waals surface area contributed by atoms with Crippen LogP contribution in [0.1, 0.15) is 44.6 Å². The molecule has 25 heavy (non-hydrogen) atoms. The molecule has 1 unspecified atom stereocenters. The van der Waals surface area contributed by atoms with E-state index in [1.165, 1.54) is 14.2 Å². The van der Waals surface area contributed by atoms with Crippen molar-refractivity contribution in [2.24, 2.45) is 5.41 Å². The summed E-state index contributed by atoms with van der Waals surface area (Å²) >= 11 is 0. The molecule has 0 bridgehead atoms. The van der Waals surface area contributed by atoms with Crippen molar-refractivity contribution in [3.63, 3.8) is 0 Å². The van der Waals surface area contributed by atoms with Crippen LogP contribution in [0.4, 0.5) is 0 Å². The molecule has 0 aromatic heterocycles. The van der Waals surface area contributed by atoms with Gasteiger partial charge in [-0.3, -0.25) is 9.59 Å². The molecule has 1 aromatic rings. The first-order chi connectivity index (χ1) is 11.8. The Labute approximate surface area is 146 Å². The maximum atomic E-state index is 12.7. The number of Topliss-reactive ketones (excluding diaryl/α,β-unsaturated/α-hetero) is 1. The van der Waals surface area contributed by atoms with Gasteiger partial charge in [0.2, 0.25) is 5.75 Å². The number of hydrogen-bond donors (Lipinski definition) is 1. The molecule has 1 aromatic carbocycles. The fraction of sp³-hybridized carbons (Fsp3) is 0.474. The van der Waals surface area contributed by atoms with Gasteiger partial charge in [-0.15, -0.1) is 0 Å². The Morgan fingerprint density at radius 3 is 2.28 bits per heavy atom. The van der Waals surface area contributed by atoms with Crippen LogP contribution in [0, 0.1) is 5.41 Å². The van der Waals surface area contributed by atoms with Crippen LogP contribution >= 0.6 is 0 Å². The fourth-order valence-electron chi connectivity index (χ4n) is 3.60. The first-order valence-corrected chi connectivity index (χ1v) is 8.17. The summed E-state index contributed by atoms with van der Waals surface area (Å²) in [7, 11) is 2.87. The van der Waals surface area contributed by atoms with Crippen molar-refractivity contribution in [2.75, 3.05) is 14.2 Å². The van der Waals surface area contributed by atoms with E-state index in [1.807, 2.05) is 13.8 Å². The van der Waals surface area contributed by atoms with Crippen LogP contribution in [-0.2, 0) is 14.3 Å². The van der Waals surface area contributed by atoms with Gasteiger partial charge in [0.15, 0.2) is 17.3 Å². The van der Waals surface area contributed by atoms with E-state index in [0.29, 0.717) is 29.7 Å². The summed E-state index contributed by atoms with van der Waals surface area (Å²) in [6.45, 7) is 3.97. The van der Waals surface area contributed by atoms with Gasteiger partial charge in [-0.1, -0.05) is 13.8 Å². The number of carbonyl (C=O) groups excluding carboxylic acids is 2. The van der Waals surface area contributed by atoms with Crippen molar-refractivity contribution < 1.29 is 28.9 Å². The normalized spacial score (nSPS) is 22.3. The van der Waals surface area contributed by atoms with Gasteiger partial charge < -0.3 is 19.3 Å². The highest BCUT2D eigenvalue weighted by atomic mass is 16.5. The van der Waals surface area contributed by atoms with Crippen LogP contribution in [0.15, 0.2) is 23.5 Å². The highest BCUT2D eigenvalue weighted by Gasteiger charge is 2.42. The summed E-state index contributed by atoms with van der Waals surface area (Å²) in [4.78, 5) is 24.9. The molecule has 1 heterocycles. The number of methoxy groups -OCH3 is 2. The molecule has 0 amide bonds. The maximum Gasteiger partial charge on any atom is 0.311 e. The average Bonchev–Trinajstić information content (AvgIpc) is 2.52. The van der Waals surface area contributed by atoms with Gasteiger partial charge in [-0.05, 0) is 23.1 Å². The zero-order valence-electron chi connectivity index (χ0n) is 14.8. The summed E-state index contributed by atoms with van der Waals surface area (Å²) in [5.41, 5.74) is 1.00. The maximum absolute atomic E-state index is 12.7. The van der Waals surface area contributed by atoms with E-state index < -0.39 is 5.92 Å². The molecule has 134 valence electrons. The van der Waals surface area contributed by atoms with Gasteiger partial charge in [0.1, 0.15) is 5.76 Å². The number of ether oxygens (including phenoxy) is 3. The van der Waals surface area contributed by atoms with Crippen molar-refractivity contribution in [3.05, 3.63) is 29.0 Å². The topological polar surface area (TPSA) is 82.1 Å². The predicted molar refractivity (Wildman–Crippen MR) is 89.7 cm³/mol. The van der Waals surface area contributed by atoms with Crippen molar-refractivity contribution in [3.8, 4) is 17.2 Å². The van der Waals surface area contributed by atoms with Gasteiger partial charge in [-0.2, -0.15) is 0 Å². The quantitative estimate of drug-likeness (QED) is 0.847. The van der Waals surface area contributed by atoms with Crippen LogP contribution in [0.2, 0.25) is 0 Å². The van der Waals surface area contributed by atoms with Crippen LogP contribution in [0.25, 0.3) is 0 Å². The fourth-order valence-corrected chi connectivity index (χ4v) is 3.60. The Bertz CT molecular complexity index is 749. The highest BCUT2D eigenvalue weighted by Crippen LogP contribution is 2.48. The first-order valence-electron chi connectivity index (χ1n) is 8.17. The number of hydrogen-bond acceptors (Lipinski definition) is 6. The van der Waals surface area contributed by atoms with E-state index in [1.54, 1.807) is 12.1 Å². The predicted octanol–water partition coefficient (Wildman–Crippen LogP) is 3.08. The Morgan fingerprint density at radius 1 is 1.12 bits per heavy atom. The number of ketones is 1. The van der Waals surface area contributed by atoms with Crippen LogP contribution in [0.5, 0.6) is 17.2 Å². The molecule has 6 heteroatoms. The second-order valence-electron chi connectivity index (χ2n) is 7.28. The van der Waals surface area contributed by atoms with E-state index in [4.69, 9.17) is 14.2 Å². The lowest BCUT2D eigenvalue weighted by atomic mass is 9.71. The lowest BCUT2D eigenvalue weighted by molar-refractivity contribution is -0.142. The number of benzene rings is 1. The molecule has 0 saturated heterocycles. The van der Waals surface area contributed by atoms with Gasteiger partial charge in [0, 0.05) is 24.3 Å². The van der Waals surface area contributed by atoms with E-state index in [-0.39, 0.29) is 40.8 Å². The molecule has 1 aliphatic heterocycles. The van der Waals surface area contributed by atoms with Gasteiger partial charge in [0.05, 0.1) is 20.6 Å². The molecule has 1 atom stereocenters. The average molecular weight is 346 g/mol. The zero-order valence-corrected chi connectivity index (χ0v) is 14.8. The minimum Gasteiger partial charge on any atom is -0.502 e. The molecular formula is C19H22O6. The van der Waals surface area contributed by atoms with Crippen LogP contribution < -0.4 is 9.47 Å². The lowest BCUT2D eigenvalue weighted by Gasteiger charge is -2.36. The molecule has 2 aliphatic rings. The van der Waals surface area contributed by atoms with Crippen molar-refractivity contribution in [1.82, 2.24) is 0 Å². The zero-order chi connectivity index (χ0) is 18.4. The van der Waals surface area contributed by atoms with Gasteiger partial charge >= 0.3 is 5.97 Å². The third-order valence-corrected chi connectivity index (χ3v) is 4.74. The number of phenolic OH excluding ortho intramolecular Hbond substituents is 1. The Morgan fingerprint density at radius 2 is 1.72 bits per heavy atom. The monoisotopic (exact) mass is 346 g/mol. The summed E-state index contributed by atoms with van der Waals surface area (Å²) in [6.07, 6.45) is 1.02. The van der Waals surface area contributed by atoms with E-state index in [2.05, 4.69) is 0 Å². The van der Waals surface area contributed by atoms with Crippen LogP contribution in [0.3, 0.4) is 0 Å². The highest BCUT2D eigenvalue weighted by molar-refractivity contribution is 6.00. The van der Waals surface area contributed by atoms with E-state index >= 15 is 0 Å². The number of allylic oxidation sites excluding steroid dienone is 2. The minimum atomic E-state index is -0.428. The minimum absolute atomic E-state index is 0.00485. The SMILES string of the molecule is COc1cc(C2CC(=O)OC3=C2C(=O)CC(C)(C)C3)cc(OC)c1O. The molecule has 6 nitrogen and oxygen atoms in total. The summed E-state index contributed by atoms with van der Waals surface area (Å²) in [6, 6.07) is 3.28. The molecule has 0 radical (unpaired) electrons. The number of aromatic hydroxyl groups is 1. The molecule has 0 saturated carbocycles. The third kappa shape index (κ3) is 3.08. The van der Waals surface area contributed by atoms with Gasteiger partial charge in [0.25, 0.3) is 0 Å². The summed E-state index contributed by atoms with van der Waals surface area (Å²) < 4.78 is 15.8. The number of rotatable bonds is 3. The van der Waals surface area contributed by atoms with Gasteiger partial charge in [-0.25, -0.2) is 0 Å². The Hall–Kier alpha value is -2.50. The number of phenols is 1. The largest absolute Gasteiger partial charge is 0.502 e. The van der Waals surface area contributed by atoms with Crippen molar-refractivity contribution in [1.29, 1.82) is 0 Å². The summed E-state index contributed by atoms with van der Waals surface area (Å²) in [5.74, 6) is 0.0299. The third-order valence-electron chi connectivity index (χ3n) is 4.74. The smallest absolute Gasteiger partial charge is 0.311 e. The molecular weight excluding hydrogens is 324 g/mol. The second kappa shape index (κ2) is 6.10. The molecule has 1 aliphatic carbocycles. The number of esters is 1. The standard InChI is InChI=1S/C19H22O6/c1-19(2)8-12(20)17-11(7-16(21)25-15(17)9-19)10-5-13(23-3)18(22)14(6-10)24-4/h5-6,11,22H,7-9H2,1-4H3. The first kappa shape index (κ1) is 17.3. The summed E-state index contributed by atoms with van der Waals surface area (Å²) in [5, 5.41) is 10.1. The van der Waals surface area contributed by atoms with E-state index in [0.717, 1.165) is 0 Å². The molecule has 0 fully saturated rings. The lowest BCUT2D eigenvalue weighted by Crippen LogP contribution is -2.33. The second-order valence-corrected chi connectivity index (χ2v) is 7.28. The van der Waals surface area contributed by atoms with E-state index in [9.17, 15) is 14.7 Å².